The molecule has 0 radical (unpaired) electrons. The Morgan fingerprint density at radius 2 is 1.24 bits per heavy atom. The van der Waals surface area contributed by atoms with E-state index in [4.69, 9.17) is 4.74 Å². The molecule has 0 aliphatic rings. The van der Waals surface area contributed by atoms with Crippen LogP contribution in [0.25, 0.3) is 0 Å². The number of carbonyl (C=O) groups excluding carboxylic acids is 2. The zero-order chi connectivity index (χ0) is 27.6. The molecule has 0 spiro atoms. The van der Waals surface area contributed by atoms with Crippen molar-refractivity contribution in [1.82, 2.24) is 15.1 Å². The maximum Gasteiger partial charge on any atom is 0.305 e. The lowest BCUT2D eigenvalue weighted by atomic mass is 10.1. The number of hydrogen-bond donors (Lipinski definition) is 1. The first kappa shape index (κ1) is 35.4. The first-order valence-corrected chi connectivity index (χ1v) is 15.6. The molecule has 0 heterocycles. The SMILES string of the molecule is C=C(CCC(=O)NCCN(CCC)CCC)N(CC)CCOC(=O)CCCCCCCCCCCCC. The average Bonchev–Trinajstić information content (AvgIpc) is 2.88. The minimum atomic E-state index is -0.0999. The summed E-state index contributed by atoms with van der Waals surface area (Å²) in [6, 6.07) is 0. The van der Waals surface area contributed by atoms with Gasteiger partial charge in [0.25, 0.3) is 0 Å². The van der Waals surface area contributed by atoms with Gasteiger partial charge in [-0.05, 0) is 45.7 Å². The smallest absolute Gasteiger partial charge is 0.305 e. The van der Waals surface area contributed by atoms with Crippen LogP contribution in [0.2, 0.25) is 0 Å². The van der Waals surface area contributed by atoms with Crippen LogP contribution in [0.3, 0.4) is 0 Å². The van der Waals surface area contributed by atoms with E-state index in [2.05, 4.69) is 49.4 Å². The lowest BCUT2D eigenvalue weighted by molar-refractivity contribution is -0.144. The minimum Gasteiger partial charge on any atom is -0.464 e. The summed E-state index contributed by atoms with van der Waals surface area (Å²) in [5.41, 5.74) is 0.928. The Balaban J connectivity index is 3.83. The van der Waals surface area contributed by atoms with Gasteiger partial charge in [-0.3, -0.25) is 9.59 Å². The van der Waals surface area contributed by atoms with E-state index in [1.165, 1.54) is 57.8 Å². The molecule has 0 bridgehead atoms. The number of unbranched alkanes of at least 4 members (excludes halogenated alkanes) is 10. The zero-order valence-electron chi connectivity index (χ0n) is 25.1. The van der Waals surface area contributed by atoms with Crippen molar-refractivity contribution in [1.29, 1.82) is 0 Å². The standard InChI is InChI=1S/C31H61N3O3/c1-6-10-11-12-13-14-15-16-17-18-19-20-31(36)37-28-27-34(9-4)29(5)21-22-30(35)32-23-26-33(24-7-2)25-8-3/h5-28H2,1-4H3,(H,32,35). The van der Waals surface area contributed by atoms with Gasteiger partial charge < -0.3 is 19.9 Å². The van der Waals surface area contributed by atoms with Gasteiger partial charge in [0.2, 0.25) is 5.91 Å². The third-order valence-corrected chi connectivity index (χ3v) is 6.91. The number of carbonyl (C=O) groups is 2. The number of rotatable bonds is 27. The summed E-state index contributed by atoms with van der Waals surface area (Å²) in [6.07, 6.45) is 17.9. The summed E-state index contributed by atoms with van der Waals surface area (Å²) in [7, 11) is 0. The number of hydrogen-bond acceptors (Lipinski definition) is 5. The van der Waals surface area contributed by atoms with Crippen molar-refractivity contribution >= 4 is 11.9 Å². The molecule has 0 saturated heterocycles. The van der Waals surface area contributed by atoms with Crippen LogP contribution in [0.1, 0.15) is 130 Å². The highest BCUT2D eigenvalue weighted by atomic mass is 16.5. The molecule has 6 nitrogen and oxygen atoms in total. The molecule has 0 saturated carbocycles. The van der Waals surface area contributed by atoms with Crippen molar-refractivity contribution in [3.63, 3.8) is 0 Å². The Morgan fingerprint density at radius 1 is 0.676 bits per heavy atom. The van der Waals surface area contributed by atoms with Crippen LogP contribution in [0.4, 0.5) is 0 Å². The van der Waals surface area contributed by atoms with Crippen molar-refractivity contribution in [3.05, 3.63) is 12.3 Å². The molecule has 218 valence electrons. The second-order valence-corrected chi connectivity index (χ2v) is 10.3. The Labute approximate surface area is 230 Å². The molecule has 1 N–H and O–H groups in total. The van der Waals surface area contributed by atoms with Crippen LogP contribution in [-0.4, -0.2) is 67.6 Å². The number of allylic oxidation sites excluding steroid dienone is 1. The fourth-order valence-electron chi connectivity index (χ4n) is 4.64. The molecular weight excluding hydrogens is 462 g/mol. The molecule has 0 aliphatic carbocycles. The molecule has 0 aromatic carbocycles. The van der Waals surface area contributed by atoms with Gasteiger partial charge in [-0.2, -0.15) is 0 Å². The molecule has 0 unspecified atom stereocenters. The van der Waals surface area contributed by atoms with Gasteiger partial charge in [0.1, 0.15) is 6.61 Å². The fraction of sp³-hybridized carbons (Fsp3) is 0.871. The maximum absolute atomic E-state index is 12.2. The van der Waals surface area contributed by atoms with Crippen molar-refractivity contribution in [2.45, 2.75) is 130 Å². The number of likely N-dealkylation sites (N-methyl/N-ethyl adjacent to an activating group) is 1. The molecule has 0 atom stereocenters. The largest absolute Gasteiger partial charge is 0.464 e. The Kier molecular flexibility index (Phi) is 25.0. The number of amides is 1. The Bertz CT molecular complexity index is 562. The topological polar surface area (TPSA) is 61.9 Å². The highest BCUT2D eigenvalue weighted by Gasteiger charge is 2.11. The van der Waals surface area contributed by atoms with E-state index in [9.17, 15) is 9.59 Å². The molecule has 0 fully saturated rings. The normalized spacial score (nSPS) is 11.1. The van der Waals surface area contributed by atoms with Crippen molar-refractivity contribution in [3.8, 4) is 0 Å². The lowest BCUT2D eigenvalue weighted by Crippen LogP contribution is -2.36. The lowest BCUT2D eigenvalue weighted by Gasteiger charge is -2.25. The summed E-state index contributed by atoms with van der Waals surface area (Å²) in [5, 5.41) is 3.04. The molecule has 0 aliphatic heterocycles. The minimum absolute atomic E-state index is 0.0727. The van der Waals surface area contributed by atoms with Crippen LogP contribution < -0.4 is 5.32 Å². The van der Waals surface area contributed by atoms with E-state index >= 15 is 0 Å². The van der Waals surface area contributed by atoms with Gasteiger partial charge in [0.05, 0.1) is 6.54 Å². The molecule has 0 aromatic heterocycles. The first-order chi connectivity index (χ1) is 18.0. The van der Waals surface area contributed by atoms with Gasteiger partial charge in [0.15, 0.2) is 0 Å². The fourth-order valence-corrected chi connectivity index (χ4v) is 4.64. The second-order valence-electron chi connectivity index (χ2n) is 10.3. The van der Waals surface area contributed by atoms with Crippen molar-refractivity contribution in [2.24, 2.45) is 0 Å². The first-order valence-electron chi connectivity index (χ1n) is 15.6. The maximum atomic E-state index is 12.2. The van der Waals surface area contributed by atoms with Crippen LogP contribution in [0.5, 0.6) is 0 Å². The quantitative estimate of drug-likeness (QED) is 0.0920. The third kappa shape index (κ3) is 22.2. The number of ether oxygens (including phenoxy) is 1. The van der Waals surface area contributed by atoms with E-state index in [1.54, 1.807) is 0 Å². The predicted molar refractivity (Wildman–Crippen MR) is 158 cm³/mol. The summed E-state index contributed by atoms with van der Waals surface area (Å²) >= 11 is 0. The molecule has 6 heteroatoms. The van der Waals surface area contributed by atoms with Crippen LogP contribution in [0, 0.1) is 0 Å². The van der Waals surface area contributed by atoms with Gasteiger partial charge in [-0.1, -0.05) is 91.6 Å². The van der Waals surface area contributed by atoms with E-state index in [0.717, 1.165) is 57.6 Å². The van der Waals surface area contributed by atoms with E-state index < -0.39 is 0 Å². The molecule has 37 heavy (non-hydrogen) atoms. The second kappa shape index (κ2) is 26.1. The monoisotopic (exact) mass is 523 g/mol. The summed E-state index contributed by atoms with van der Waals surface area (Å²) in [4.78, 5) is 28.8. The molecule has 1 amide bonds. The van der Waals surface area contributed by atoms with Gasteiger partial charge in [-0.15, -0.1) is 0 Å². The number of nitrogens with one attached hydrogen (secondary N) is 1. The Morgan fingerprint density at radius 3 is 1.78 bits per heavy atom. The van der Waals surface area contributed by atoms with E-state index in [1.807, 2.05) is 0 Å². The van der Waals surface area contributed by atoms with E-state index in [-0.39, 0.29) is 11.9 Å². The van der Waals surface area contributed by atoms with Crippen LogP contribution in [-0.2, 0) is 14.3 Å². The summed E-state index contributed by atoms with van der Waals surface area (Å²) < 4.78 is 5.45. The summed E-state index contributed by atoms with van der Waals surface area (Å²) in [6.45, 7) is 18.4. The van der Waals surface area contributed by atoms with Crippen LogP contribution in [0.15, 0.2) is 12.3 Å². The number of esters is 1. The van der Waals surface area contributed by atoms with Gasteiger partial charge in [0, 0.05) is 38.2 Å². The Hall–Kier alpha value is -1.56. The van der Waals surface area contributed by atoms with Crippen molar-refractivity contribution < 1.29 is 14.3 Å². The van der Waals surface area contributed by atoms with Crippen LogP contribution >= 0.6 is 0 Å². The van der Waals surface area contributed by atoms with E-state index in [0.29, 0.717) is 39.0 Å². The molecular formula is C31H61N3O3. The third-order valence-electron chi connectivity index (χ3n) is 6.91. The molecule has 0 rings (SSSR count). The zero-order valence-corrected chi connectivity index (χ0v) is 25.1. The average molecular weight is 524 g/mol. The summed E-state index contributed by atoms with van der Waals surface area (Å²) in [5.74, 6) is -0.0271. The van der Waals surface area contributed by atoms with Crippen molar-refractivity contribution in [2.75, 3.05) is 45.9 Å². The van der Waals surface area contributed by atoms with Gasteiger partial charge >= 0.3 is 5.97 Å². The predicted octanol–water partition coefficient (Wildman–Crippen LogP) is 7.08. The highest BCUT2D eigenvalue weighted by molar-refractivity contribution is 5.76. The highest BCUT2D eigenvalue weighted by Crippen LogP contribution is 2.13. The number of nitrogens with zero attached hydrogens (tertiary/aromatic N) is 2. The van der Waals surface area contributed by atoms with Gasteiger partial charge in [-0.25, -0.2) is 0 Å². The molecule has 0 aromatic rings.